The van der Waals surface area contributed by atoms with Crippen molar-refractivity contribution in [2.24, 2.45) is 0 Å². The molecule has 5 nitrogen and oxygen atoms in total. The van der Waals surface area contributed by atoms with Crippen LogP contribution in [0, 0.1) is 0 Å². The van der Waals surface area contributed by atoms with E-state index < -0.39 is 14.6 Å². The van der Waals surface area contributed by atoms with E-state index in [1.807, 2.05) is 0 Å². The van der Waals surface area contributed by atoms with Crippen LogP contribution in [0.5, 0.6) is 0 Å². The van der Waals surface area contributed by atoms with E-state index in [9.17, 15) is 8.42 Å². The first-order valence-corrected chi connectivity index (χ1v) is 6.55. The summed E-state index contributed by atoms with van der Waals surface area (Å²) in [6.45, 7) is 3.81. The third kappa shape index (κ3) is 2.50. The molecule has 15 heavy (non-hydrogen) atoms. The van der Waals surface area contributed by atoms with Gasteiger partial charge in [0.05, 0.1) is 4.75 Å². The standard InChI is InChI=1S/C9H17N3O2S/c1-9(2,15(4,13)14)7-12-6-5-11-8(12)10-3/h5-6H,7H2,1-4H3,(H,10,11). The molecule has 0 aromatic carbocycles. The SMILES string of the molecule is CNc1nccn1CC(C)(C)S(C)(=O)=O. The van der Waals surface area contributed by atoms with Gasteiger partial charge in [0.15, 0.2) is 9.84 Å². The maximum absolute atomic E-state index is 11.5. The monoisotopic (exact) mass is 231 g/mol. The molecule has 1 heterocycles. The molecule has 1 rings (SSSR count). The Balaban J connectivity index is 2.96. The van der Waals surface area contributed by atoms with Gasteiger partial charge in [-0.1, -0.05) is 0 Å². The number of anilines is 1. The first-order valence-electron chi connectivity index (χ1n) is 4.66. The molecule has 0 aliphatic heterocycles. The second-order valence-corrected chi connectivity index (χ2v) is 6.81. The fourth-order valence-corrected chi connectivity index (χ4v) is 1.57. The lowest BCUT2D eigenvalue weighted by Crippen LogP contribution is -2.35. The summed E-state index contributed by atoms with van der Waals surface area (Å²) in [5, 5.41) is 2.91. The van der Waals surface area contributed by atoms with Crippen molar-refractivity contribution in [1.82, 2.24) is 9.55 Å². The summed E-state index contributed by atoms with van der Waals surface area (Å²) in [5.41, 5.74) is 0. The van der Waals surface area contributed by atoms with Gasteiger partial charge in [0.1, 0.15) is 0 Å². The Bertz CT molecular complexity index is 434. The molecule has 6 heteroatoms. The molecule has 0 unspecified atom stereocenters. The zero-order valence-electron chi connectivity index (χ0n) is 9.48. The minimum absolute atomic E-state index is 0.391. The van der Waals surface area contributed by atoms with Gasteiger partial charge < -0.3 is 9.88 Å². The molecule has 0 fully saturated rings. The highest BCUT2D eigenvalue weighted by Crippen LogP contribution is 2.19. The minimum Gasteiger partial charge on any atom is -0.359 e. The topological polar surface area (TPSA) is 64.0 Å². The number of imidazole rings is 1. The van der Waals surface area contributed by atoms with Gasteiger partial charge in [-0.3, -0.25) is 0 Å². The van der Waals surface area contributed by atoms with Crippen molar-refractivity contribution >= 4 is 15.8 Å². The zero-order chi connectivity index (χ0) is 11.7. The summed E-state index contributed by atoms with van der Waals surface area (Å²) >= 11 is 0. The number of nitrogens with one attached hydrogen (secondary N) is 1. The number of nitrogens with zero attached hydrogens (tertiary/aromatic N) is 2. The second kappa shape index (κ2) is 3.84. The highest BCUT2D eigenvalue weighted by atomic mass is 32.2. The molecular weight excluding hydrogens is 214 g/mol. The molecule has 0 aliphatic carbocycles. The van der Waals surface area contributed by atoms with Crippen molar-refractivity contribution in [3.05, 3.63) is 12.4 Å². The van der Waals surface area contributed by atoms with Crippen LogP contribution < -0.4 is 5.32 Å². The van der Waals surface area contributed by atoms with Crippen molar-refractivity contribution in [2.75, 3.05) is 18.6 Å². The van der Waals surface area contributed by atoms with E-state index >= 15 is 0 Å². The van der Waals surface area contributed by atoms with Gasteiger partial charge in [-0.05, 0) is 13.8 Å². The predicted molar refractivity (Wildman–Crippen MR) is 60.7 cm³/mol. The summed E-state index contributed by atoms with van der Waals surface area (Å²) in [6.07, 6.45) is 4.66. The summed E-state index contributed by atoms with van der Waals surface area (Å²) in [7, 11) is -1.32. The largest absolute Gasteiger partial charge is 0.359 e. The average Bonchev–Trinajstić information content (AvgIpc) is 2.48. The molecule has 0 bridgehead atoms. The molecule has 0 radical (unpaired) electrons. The second-order valence-electron chi connectivity index (χ2n) is 4.16. The predicted octanol–water partition coefficient (Wildman–Crippen LogP) is 0.748. The van der Waals surface area contributed by atoms with Gasteiger partial charge in [-0.2, -0.15) is 0 Å². The molecule has 0 aliphatic rings. The van der Waals surface area contributed by atoms with Gasteiger partial charge in [-0.15, -0.1) is 0 Å². The van der Waals surface area contributed by atoms with E-state index in [-0.39, 0.29) is 0 Å². The molecule has 1 aromatic rings. The Morgan fingerprint density at radius 1 is 1.53 bits per heavy atom. The Kier molecular flexibility index (Phi) is 3.08. The van der Waals surface area contributed by atoms with E-state index in [1.54, 1.807) is 37.9 Å². The van der Waals surface area contributed by atoms with Crippen LogP contribution in [0.3, 0.4) is 0 Å². The lowest BCUT2D eigenvalue weighted by atomic mass is 10.2. The molecule has 0 amide bonds. The molecule has 1 N–H and O–H groups in total. The molecule has 0 saturated carbocycles. The lowest BCUT2D eigenvalue weighted by molar-refractivity contribution is 0.505. The summed E-state index contributed by atoms with van der Waals surface area (Å²) in [6, 6.07) is 0. The number of sulfone groups is 1. The van der Waals surface area contributed by atoms with Crippen molar-refractivity contribution in [3.63, 3.8) is 0 Å². The highest BCUT2D eigenvalue weighted by Gasteiger charge is 2.31. The Labute approximate surface area is 90.4 Å². The average molecular weight is 231 g/mol. The van der Waals surface area contributed by atoms with Crippen molar-refractivity contribution in [3.8, 4) is 0 Å². The molecule has 86 valence electrons. The number of aromatic nitrogens is 2. The van der Waals surface area contributed by atoms with Crippen LogP contribution in [-0.4, -0.2) is 36.0 Å². The van der Waals surface area contributed by atoms with Gasteiger partial charge in [0.2, 0.25) is 5.95 Å². The third-order valence-corrected chi connectivity index (χ3v) is 4.63. The van der Waals surface area contributed by atoms with Crippen LogP contribution >= 0.6 is 0 Å². The fourth-order valence-electron chi connectivity index (χ4n) is 1.19. The fraction of sp³-hybridized carbons (Fsp3) is 0.667. The number of rotatable bonds is 4. The molecule has 0 atom stereocenters. The quantitative estimate of drug-likeness (QED) is 0.830. The first kappa shape index (κ1) is 12.0. The zero-order valence-corrected chi connectivity index (χ0v) is 10.3. The van der Waals surface area contributed by atoms with Gasteiger partial charge in [0.25, 0.3) is 0 Å². The number of hydrogen-bond donors (Lipinski definition) is 1. The van der Waals surface area contributed by atoms with E-state index in [2.05, 4.69) is 10.3 Å². The van der Waals surface area contributed by atoms with Crippen molar-refractivity contribution in [1.29, 1.82) is 0 Å². The van der Waals surface area contributed by atoms with E-state index in [1.165, 1.54) is 6.26 Å². The maximum Gasteiger partial charge on any atom is 0.202 e. The first-order chi connectivity index (χ1) is 6.78. The summed E-state index contributed by atoms with van der Waals surface area (Å²) in [4.78, 5) is 4.06. The lowest BCUT2D eigenvalue weighted by Gasteiger charge is -2.23. The van der Waals surface area contributed by atoms with Crippen molar-refractivity contribution in [2.45, 2.75) is 25.1 Å². The van der Waals surface area contributed by atoms with Crippen LogP contribution in [0.15, 0.2) is 12.4 Å². The smallest absolute Gasteiger partial charge is 0.202 e. The van der Waals surface area contributed by atoms with Crippen LogP contribution in [0.4, 0.5) is 5.95 Å². The minimum atomic E-state index is -3.08. The Hall–Kier alpha value is -1.04. The van der Waals surface area contributed by atoms with E-state index in [0.29, 0.717) is 12.5 Å². The van der Waals surface area contributed by atoms with Gasteiger partial charge >= 0.3 is 0 Å². The number of hydrogen-bond acceptors (Lipinski definition) is 4. The molecular formula is C9H17N3O2S. The highest BCUT2D eigenvalue weighted by molar-refractivity contribution is 7.92. The van der Waals surface area contributed by atoms with Gasteiger partial charge in [-0.25, -0.2) is 13.4 Å². The molecule has 1 aromatic heterocycles. The van der Waals surface area contributed by atoms with Gasteiger partial charge in [0, 0.05) is 32.2 Å². The van der Waals surface area contributed by atoms with Crippen LogP contribution in [0.25, 0.3) is 0 Å². The van der Waals surface area contributed by atoms with Crippen LogP contribution in [0.2, 0.25) is 0 Å². The van der Waals surface area contributed by atoms with E-state index in [4.69, 9.17) is 0 Å². The molecule has 0 spiro atoms. The third-order valence-electron chi connectivity index (χ3n) is 2.49. The van der Waals surface area contributed by atoms with Crippen LogP contribution in [0.1, 0.15) is 13.8 Å². The normalized spacial score (nSPS) is 12.8. The van der Waals surface area contributed by atoms with E-state index in [0.717, 1.165) is 0 Å². The Morgan fingerprint density at radius 3 is 2.60 bits per heavy atom. The summed E-state index contributed by atoms with van der Waals surface area (Å²) < 4.78 is 24.0. The molecule has 0 saturated heterocycles. The maximum atomic E-state index is 11.5. The summed E-state index contributed by atoms with van der Waals surface area (Å²) in [5.74, 6) is 0.673. The Morgan fingerprint density at radius 2 is 2.13 bits per heavy atom. The van der Waals surface area contributed by atoms with Crippen molar-refractivity contribution < 1.29 is 8.42 Å². The van der Waals surface area contributed by atoms with Crippen LogP contribution in [-0.2, 0) is 16.4 Å².